The van der Waals surface area contributed by atoms with Crippen molar-refractivity contribution < 1.29 is 4.79 Å². The maximum atomic E-state index is 11.3. The van der Waals surface area contributed by atoms with Gasteiger partial charge < -0.3 is 0 Å². The Kier molecular flexibility index (Phi) is 2.92. The molecule has 1 nitrogen and oxygen atoms in total. The van der Waals surface area contributed by atoms with Crippen LogP contribution in [0.3, 0.4) is 0 Å². The number of carbonyl (C=O) groups is 1. The second-order valence-electron chi connectivity index (χ2n) is 4.98. The number of ketones is 1. The molecule has 0 aliphatic heterocycles. The van der Waals surface area contributed by atoms with Gasteiger partial charge in [0.05, 0.1) is 0 Å². The molecule has 1 heteroatoms. The lowest BCUT2D eigenvalue weighted by Crippen LogP contribution is -2.27. The summed E-state index contributed by atoms with van der Waals surface area (Å²) in [6, 6.07) is 0. The molecule has 1 aliphatic rings. The third-order valence-corrected chi connectivity index (χ3v) is 2.76. The molecule has 70 valence electrons. The van der Waals surface area contributed by atoms with Crippen LogP contribution in [0.15, 0.2) is 0 Å². The molecular weight excluding hydrogens is 148 g/mol. The number of rotatable bonds is 2. The van der Waals surface area contributed by atoms with Crippen molar-refractivity contribution in [1.82, 2.24) is 0 Å². The molecule has 0 saturated heterocycles. The van der Waals surface area contributed by atoms with Gasteiger partial charge in [-0.05, 0) is 30.6 Å². The predicted molar refractivity (Wildman–Crippen MR) is 51.0 cm³/mol. The summed E-state index contributed by atoms with van der Waals surface area (Å²) in [5.74, 6) is 1.20. The van der Waals surface area contributed by atoms with Crippen LogP contribution in [0.5, 0.6) is 0 Å². The number of hydrogen-bond acceptors (Lipinski definition) is 1. The molecule has 0 aromatic rings. The van der Waals surface area contributed by atoms with E-state index in [-0.39, 0.29) is 0 Å². The number of Topliss-reactive ketones (excluding diaryl/α,β-unsaturated/α-hetero) is 1. The highest BCUT2D eigenvalue weighted by molar-refractivity contribution is 5.79. The van der Waals surface area contributed by atoms with E-state index in [1.165, 1.54) is 12.8 Å². The molecule has 1 saturated carbocycles. The van der Waals surface area contributed by atoms with Crippen molar-refractivity contribution >= 4 is 5.78 Å². The van der Waals surface area contributed by atoms with Crippen molar-refractivity contribution in [2.45, 2.75) is 52.9 Å². The first kappa shape index (κ1) is 9.76. The third kappa shape index (κ3) is 2.62. The molecule has 1 atom stereocenters. The summed E-state index contributed by atoms with van der Waals surface area (Å²) in [4.78, 5) is 11.3. The normalized spacial score (nSPS) is 31.2. The molecule has 0 N–H and O–H groups in total. The third-order valence-electron chi connectivity index (χ3n) is 2.76. The first-order chi connectivity index (χ1) is 5.52. The quantitative estimate of drug-likeness (QED) is 0.619. The van der Waals surface area contributed by atoms with E-state index in [0.717, 1.165) is 25.2 Å². The summed E-state index contributed by atoms with van der Waals surface area (Å²) in [5, 5.41) is 0. The largest absolute Gasteiger partial charge is 0.300 e. The summed E-state index contributed by atoms with van der Waals surface area (Å²) < 4.78 is 0. The predicted octanol–water partition coefficient (Wildman–Crippen LogP) is 3.18. The molecule has 1 aliphatic carbocycles. The maximum absolute atomic E-state index is 11.3. The average molecular weight is 168 g/mol. The van der Waals surface area contributed by atoms with E-state index in [9.17, 15) is 4.79 Å². The van der Waals surface area contributed by atoms with Gasteiger partial charge in [0.1, 0.15) is 5.78 Å². The van der Waals surface area contributed by atoms with Gasteiger partial charge in [0, 0.05) is 12.8 Å². The zero-order valence-corrected chi connectivity index (χ0v) is 8.52. The fraction of sp³-hybridized carbons (Fsp3) is 0.909. The van der Waals surface area contributed by atoms with Gasteiger partial charge >= 0.3 is 0 Å². The summed E-state index contributed by atoms with van der Waals surface area (Å²) in [7, 11) is 0. The highest BCUT2D eigenvalue weighted by Gasteiger charge is 2.31. The molecule has 0 spiro atoms. The highest BCUT2D eigenvalue weighted by atomic mass is 16.1. The summed E-state index contributed by atoms with van der Waals surface area (Å²) in [6.07, 6.45) is 5.22. The van der Waals surface area contributed by atoms with Crippen molar-refractivity contribution in [2.24, 2.45) is 11.3 Å². The standard InChI is InChI=1S/C11H20O/c1-9(2)7-11(3)6-4-5-10(12)8-11/h9H,4-8H2,1-3H3/t11-/m0/s1. The van der Waals surface area contributed by atoms with E-state index in [1.54, 1.807) is 0 Å². The molecule has 1 rings (SSSR count). The van der Waals surface area contributed by atoms with Crippen LogP contribution in [-0.4, -0.2) is 5.78 Å². The van der Waals surface area contributed by atoms with Gasteiger partial charge in [0.2, 0.25) is 0 Å². The van der Waals surface area contributed by atoms with E-state index in [4.69, 9.17) is 0 Å². The molecule has 0 aromatic heterocycles. The van der Waals surface area contributed by atoms with Crippen LogP contribution in [0.4, 0.5) is 0 Å². The number of carbonyl (C=O) groups excluding carboxylic acids is 1. The topological polar surface area (TPSA) is 17.1 Å². The molecule has 0 bridgehead atoms. The van der Waals surface area contributed by atoms with Gasteiger partial charge in [-0.1, -0.05) is 20.8 Å². The Hall–Kier alpha value is -0.330. The minimum Gasteiger partial charge on any atom is -0.300 e. The maximum Gasteiger partial charge on any atom is 0.133 e. The summed E-state index contributed by atoms with van der Waals surface area (Å²) >= 11 is 0. The monoisotopic (exact) mass is 168 g/mol. The van der Waals surface area contributed by atoms with E-state index >= 15 is 0 Å². The van der Waals surface area contributed by atoms with Crippen molar-refractivity contribution in [3.63, 3.8) is 0 Å². The molecule has 0 aromatic carbocycles. The van der Waals surface area contributed by atoms with Gasteiger partial charge in [0.25, 0.3) is 0 Å². The van der Waals surface area contributed by atoms with Gasteiger partial charge in [-0.25, -0.2) is 0 Å². The lowest BCUT2D eigenvalue weighted by atomic mass is 9.70. The Morgan fingerprint density at radius 2 is 2.17 bits per heavy atom. The Morgan fingerprint density at radius 1 is 1.50 bits per heavy atom. The SMILES string of the molecule is CC(C)C[C@]1(C)CCCC(=O)C1. The fourth-order valence-electron chi connectivity index (χ4n) is 2.52. The van der Waals surface area contributed by atoms with Crippen molar-refractivity contribution in [1.29, 1.82) is 0 Å². The molecule has 0 radical (unpaired) electrons. The van der Waals surface area contributed by atoms with E-state index in [0.29, 0.717) is 11.2 Å². The Morgan fingerprint density at radius 3 is 2.67 bits per heavy atom. The molecule has 1 fully saturated rings. The van der Waals surface area contributed by atoms with Crippen LogP contribution in [0, 0.1) is 11.3 Å². The average Bonchev–Trinajstić information content (AvgIpc) is 1.82. The van der Waals surface area contributed by atoms with Crippen molar-refractivity contribution in [3.8, 4) is 0 Å². The van der Waals surface area contributed by atoms with Crippen LogP contribution < -0.4 is 0 Å². The Labute approximate surface area is 75.5 Å². The molecule has 0 amide bonds. The van der Waals surface area contributed by atoms with Crippen molar-refractivity contribution in [2.75, 3.05) is 0 Å². The Balaban J connectivity index is 2.51. The molecule has 0 unspecified atom stereocenters. The number of hydrogen-bond donors (Lipinski definition) is 0. The van der Waals surface area contributed by atoms with E-state index in [1.807, 2.05) is 0 Å². The van der Waals surface area contributed by atoms with Gasteiger partial charge in [-0.15, -0.1) is 0 Å². The van der Waals surface area contributed by atoms with Crippen LogP contribution >= 0.6 is 0 Å². The second kappa shape index (κ2) is 3.59. The summed E-state index contributed by atoms with van der Waals surface area (Å²) in [5.41, 5.74) is 0.323. The zero-order chi connectivity index (χ0) is 9.19. The van der Waals surface area contributed by atoms with Crippen LogP contribution in [-0.2, 0) is 4.79 Å². The lowest BCUT2D eigenvalue weighted by Gasteiger charge is -2.34. The molecular formula is C11H20O. The Bertz CT molecular complexity index is 172. The lowest BCUT2D eigenvalue weighted by molar-refractivity contribution is -0.123. The van der Waals surface area contributed by atoms with Crippen molar-refractivity contribution in [3.05, 3.63) is 0 Å². The first-order valence-corrected chi connectivity index (χ1v) is 5.03. The highest BCUT2D eigenvalue weighted by Crippen LogP contribution is 2.39. The molecule has 12 heavy (non-hydrogen) atoms. The first-order valence-electron chi connectivity index (χ1n) is 5.03. The van der Waals surface area contributed by atoms with Crippen LogP contribution in [0.2, 0.25) is 0 Å². The minimum absolute atomic E-state index is 0.323. The van der Waals surface area contributed by atoms with Crippen LogP contribution in [0.1, 0.15) is 52.9 Å². The van der Waals surface area contributed by atoms with E-state index < -0.39 is 0 Å². The van der Waals surface area contributed by atoms with Gasteiger partial charge in [-0.3, -0.25) is 4.79 Å². The zero-order valence-electron chi connectivity index (χ0n) is 8.52. The fourth-order valence-corrected chi connectivity index (χ4v) is 2.52. The van der Waals surface area contributed by atoms with Gasteiger partial charge in [-0.2, -0.15) is 0 Å². The molecule has 0 heterocycles. The van der Waals surface area contributed by atoms with Gasteiger partial charge in [0.15, 0.2) is 0 Å². The van der Waals surface area contributed by atoms with Crippen LogP contribution in [0.25, 0.3) is 0 Å². The second-order valence-corrected chi connectivity index (χ2v) is 4.98. The summed E-state index contributed by atoms with van der Waals surface area (Å²) in [6.45, 7) is 6.75. The minimum atomic E-state index is 0.323. The van der Waals surface area contributed by atoms with E-state index in [2.05, 4.69) is 20.8 Å². The smallest absolute Gasteiger partial charge is 0.133 e.